The van der Waals surface area contributed by atoms with Gasteiger partial charge in [0, 0.05) is 24.2 Å². The van der Waals surface area contributed by atoms with Gasteiger partial charge in [0.2, 0.25) is 5.91 Å². The van der Waals surface area contributed by atoms with Crippen LogP contribution >= 0.6 is 0 Å². The van der Waals surface area contributed by atoms with E-state index >= 15 is 0 Å². The number of benzene rings is 1. The van der Waals surface area contributed by atoms with Crippen LogP contribution in [-0.2, 0) is 4.79 Å². The fourth-order valence-corrected chi connectivity index (χ4v) is 1.12. The van der Waals surface area contributed by atoms with Gasteiger partial charge < -0.3 is 5.32 Å². The van der Waals surface area contributed by atoms with Crippen LogP contribution in [0.3, 0.4) is 0 Å². The number of amides is 1. The minimum Gasteiger partial charge on any atom is -0.326 e. The SMILES string of the molecule is C=CCCC(=O)Nc1ccc([N+](=O)[O-])cc1. The Morgan fingerprint density at radius 3 is 2.56 bits per heavy atom. The molecule has 1 aromatic carbocycles. The zero-order chi connectivity index (χ0) is 12.0. The summed E-state index contributed by atoms with van der Waals surface area (Å²) in [5, 5.41) is 13.0. The highest BCUT2D eigenvalue weighted by Gasteiger charge is 2.05. The normalized spacial score (nSPS) is 9.50. The molecule has 5 heteroatoms. The van der Waals surface area contributed by atoms with Gasteiger partial charge in [-0.3, -0.25) is 14.9 Å². The molecule has 0 fully saturated rings. The fraction of sp³-hybridized carbons (Fsp3) is 0.182. The monoisotopic (exact) mass is 220 g/mol. The first-order chi connectivity index (χ1) is 7.63. The smallest absolute Gasteiger partial charge is 0.269 e. The summed E-state index contributed by atoms with van der Waals surface area (Å²) in [4.78, 5) is 21.2. The minimum atomic E-state index is -0.483. The number of carbonyl (C=O) groups excluding carboxylic acids is 1. The van der Waals surface area contributed by atoms with E-state index in [0.717, 1.165) is 0 Å². The third-order valence-electron chi connectivity index (χ3n) is 1.94. The molecule has 0 aliphatic carbocycles. The van der Waals surface area contributed by atoms with Crippen molar-refractivity contribution in [3.05, 3.63) is 47.0 Å². The van der Waals surface area contributed by atoms with Gasteiger partial charge in [0.15, 0.2) is 0 Å². The summed E-state index contributed by atoms with van der Waals surface area (Å²) < 4.78 is 0. The fourth-order valence-electron chi connectivity index (χ4n) is 1.12. The van der Waals surface area contributed by atoms with E-state index in [1.807, 2.05) is 0 Å². The Kier molecular flexibility index (Phi) is 4.20. The molecular formula is C11H12N2O3. The zero-order valence-corrected chi connectivity index (χ0v) is 8.68. The summed E-state index contributed by atoms with van der Waals surface area (Å²) >= 11 is 0. The standard InChI is InChI=1S/C11H12N2O3/c1-2-3-4-11(14)12-9-5-7-10(8-6-9)13(15)16/h2,5-8H,1,3-4H2,(H,12,14). The average Bonchev–Trinajstić information content (AvgIpc) is 2.27. The molecule has 0 spiro atoms. The lowest BCUT2D eigenvalue weighted by Gasteiger charge is -2.03. The summed E-state index contributed by atoms with van der Waals surface area (Å²) in [5.41, 5.74) is 0.559. The molecule has 5 nitrogen and oxygen atoms in total. The summed E-state index contributed by atoms with van der Waals surface area (Å²) in [6, 6.07) is 5.71. The number of carbonyl (C=O) groups is 1. The van der Waals surface area contributed by atoms with Crippen LogP contribution in [0.2, 0.25) is 0 Å². The zero-order valence-electron chi connectivity index (χ0n) is 8.68. The first-order valence-electron chi connectivity index (χ1n) is 4.78. The van der Waals surface area contributed by atoms with Crippen LogP contribution in [0.1, 0.15) is 12.8 Å². The molecule has 0 heterocycles. The number of hydrogen-bond donors (Lipinski definition) is 1. The average molecular weight is 220 g/mol. The van der Waals surface area contributed by atoms with E-state index in [4.69, 9.17) is 0 Å². The van der Waals surface area contributed by atoms with Gasteiger partial charge in [0.25, 0.3) is 5.69 Å². The lowest BCUT2D eigenvalue weighted by Crippen LogP contribution is -2.10. The molecule has 0 saturated carbocycles. The quantitative estimate of drug-likeness (QED) is 0.470. The Morgan fingerprint density at radius 2 is 2.06 bits per heavy atom. The highest BCUT2D eigenvalue weighted by Crippen LogP contribution is 2.15. The molecule has 0 saturated heterocycles. The second-order valence-corrected chi connectivity index (χ2v) is 3.18. The van der Waals surface area contributed by atoms with Gasteiger partial charge in [0.1, 0.15) is 0 Å². The summed E-state index contributed by atoms with van der Waals surface area (Å²) in [5.74, 6) is -0.131. The van der Waals surface area contributed by atoms with Gasteiger partial charge in [0.05, 0.1) is 4.92 Å². The second kappa shape index (κ2) is 5.65. The molecule has 16 heavy (non-hydrogen) atoms. The number of nitrogens with zero attached hydrogens (tertiary/aromatic N) is 1. The third kappa shape index (κ3) is 3.53. The summed E-state index contributed by atoms with van der Waals surface area (Å²) in [6.45, 7) is 3.52. The number of rotatable bonds is 5. The lowest BCUT2D eigenvalue weighted by atomic mass is 10.2. The Labute approximate surface area is 92.9 Å². The Hall–Kier alpha value is -2.17. The van der Waals surface area contributed by atoms with Crippen molar-refractivity contribution < 1.29 is 9.72 Å². The van der Waals surface area contributed by atoms with Crippen molar-refractivity contribution in [2.24, 2.45) is 0 Å². The first kappa shape index (κ1) is 11.9. The molecule has 1 aromatic rings. The van der Waals surface area contributed by atoms with E-state index in [0.29, 0.717) is 18.5 Å². The van der Waals surface area contributed by atoms with E-state index in [1.54, 1.807) is 6.08 Å². The number of allylic oxidation sites excluding steroid dienone is 1. The Bertz CT molecular complexity index is 398. The first-order valence-corrected chi connectivity index (χ1v) is 4.78. The number of nitro groups is 1. The van der Waals surface area contributed by atoms with E-state index in [2.05, 4.69) is 11.9 Å². The van der Waals surface area contributed by atoms with Crippen molar-refractivity contribution in [2.75, 3.05) is 5.32 Å². The van der Waals surface area contributed by atoms with E-state index < -0.39 is 4.92 Å². The van der Waals surface area contributed by atoms with E-state index in [9.17, 15) is 14.9 Å². The van der Waals surface area contributed by atoms with E-state index in [-0.39, 0.29) is 11.6 Å². The molecule has 0 aliphatic rings. The van der Waals surface area contributed by atoms with Crippen molar-refractivity contribution >= 4 is 17.3 Å². The molecule has 0 unspecified atom stereocenters. The Balaban J connectivity index is 2.58. The highest BCUT2D eigenvalue weighted by atomic mass is 16.6. The maximum atomic E-state index is 11.3. The predicted octanol–water partition coefficient (Wildman–Crippen LogP) is 2.50. The summed E-state index contributed by atoms with van der Waals surface area (Å²) in [7, 11) is 0. The number of anilines is 1. The van der Waals surface area contributed by atoms with Gasteiger partial charge in [-0.05, 0) is 18.6 Å². The molecule has 1 rings (SSSR count). The second-order valence-electron chi connectivity index (χ2n) is 3.18. The Morgan fingerprint density at radius 1 is 1.44 bits per heavy atom. The van der Waals surface area contributed by atoms with Crippen LogP contribution in [-0.4, -0.2) is 10.8 Å². The molecule has 0 aromatic heterocycles. The number of nitro benzene ring substituents is 1. The maximum absolute atomic E-state index is 11.3. The van der Waals surface area contributed by atoms with Gasteiger partial charge in [-0.25, -0.2) is 0 Å². The molecule has 1 amide bonds. The van der Waals surface area contributed by atoms with Gasteiger partial charge in [-0.15, -0.1) is 6.58 Å². The van der Waals surface area contributed by atoms with Crippen LogP contribution in [0.25, 0.3) is 0 Å². The van der Waals surface area contributed by atoms with Crippen molar-refractivity contribution in [1.82, 2.24) is 0 Å². The topological polar surface area (TPSA) is 72.2 Å². The molecular weight excluding hydrogens is 208 g/mol. The number of nitrogens with one attached hydrogen (secondary N) is 1. The van der Waals surface area contributed by atoms with Crippen LogP contribution in [0.5, 0.6) is 0 Å². The van der Waals surface area contributed by atoms with E-state index in [1.165, 1.54) is 24.3 Å². The van der Waals surface area contributed by atoms with Crippen molar-refractivity contribution in [3.8, 4) is 0 Å². The lowest BCUT2D eigenvalue weighted by molar-refractivity contribution is -0.384. The molecule has 0 radical (unpaired) electrons. The maximum Gasteiger partial charge on any atom is 0.269 e. The van der Waals surface area contributed by atoms with Crippen LogP contribution in [0.15, 0.2) is 36.9 Å². The molecule has 0 aliphatic heterocycles. The molecule has 0 bridgehead atoms. The predicted molar refractivity (Wildman–Crippen MR) is 61.2 cm³/mol. The minimum absolute atomic E-state index is 0.00379. The molecule has 0 atom stereocenters. The van der Waals surface area contributed by atoms with Crippen molar-refractivity contribution in [3.63, 3.8) is 0 Å². The number of non-ortho nitro benzene ring substituents is 1. The van der Waals surface area contributed by atoms with Crippen LogP contribution in [0.4, 0.5) is 11.4 Å². The highest BCUT2D eigenvalue weighted by molar-refractivity contribution is 5.90. The van der Waals surface area contributed by atoms with Crippen molar-refractivity contribution in [2.45, 2.75) is 12.8 Å². The van der Waals surface area contributed by atoms with Gasteiger partial charge in [-0.1, -0.05) is 6.08 Å². The van der Waals surface area contributed by atoms with Gasteiger partial charge in [-0.2, -0.15) is 0 Å². The van der Waals surface area contributed by atoms with Crippen LogP contribution in [0, 0.1) is 10.1 Å². The third-order valence-corrected chi connectivity index (χ3v) is 1.94. The largest absolute Gasteiger partial charge is 0.326 e. The number of hydrogen-bond acceptors (Lipinski definition) is 3. The van der Waals surface area contributed by atoms with Crippen LogP contribution < -0.4 is 5.32 Å². The van der Waals surface area contributed by atoms with Crippen molar-refractivity contribution in [1.29, 1.82) is 0 Å². The van der Waals surface area contributed by atoms with Gasteiger partial charge >= 0.3 is 0 Å². The molecule has 1 N–H and O–H groups in total. The molecule has 84 valence electrons. The summed E-state index contributed by atoms with van der Waals surface area (Å²) in [6.07, 6.45) is 2.63.